The molecule has 3 nitrogen and oxygen atoms in total. The SMILES string of the molecule is C=CC1=CCCCN2C(=O)[C@H]([C@@H](C)O[Si](C)(C)C(C)(C)C)[C@@H]12. The molecule has 2 rings (SSSR count). The molecule has 0 aliphatic carbocycles. The van der Waals surface area contributed by atoms with Gasteiger partial charge >= 0.3 is 0 Å². The van der Waals surface area contributed by atoms with Crippen LogP contribution in [0, 0.1) is 5.92 Å². The molecule has 22 heavy (non-hydrogen) atoms. The summed E-state index contributed by atoms with van der Waals surface area (Å²) >= 11 is 0. The molecule has 0 spiro atoms. The zero-order valence-corrected chi connectivity index (χ0v) is 16.0. The van der Waals surface area contributed by atoms with Gasteiger partial charge in [-0.1, -0.05) is 39.5 Å². The lowest BCUT2D eigenvalue weighted by Gasteiger charge is -2.51. The smallest absolute Gasteiger partial charge is 0.231 e. The summed E-state index contributed by atoms with van der Waals surface area (Å²) in [6.45, 7) is 18.1. The van der Waals surface area contributed by atoms with Crippen molar-refractivity contribution in [1.29, 1.82) is 0 Å². The van der Waals surface area contributed by atoms with Gasteiger partial charge in [0.2, 0.25) is 5.91 Å². The van der Waals surface area contributed by atoms with Crippen LogP contribution in [-0.4, -0.2) is 37.8 Å². The number of allylic oxidation sites excluding steroid dienone is 1. The molecule has 0 radical (unpaired) electrons. The molecule has 1 fully saturated rings. The molecule has 0 N–H and O–H groups in total. The van der Waals surface area contributed by atoms with E-state index in [0.29, 0.717) is 0 Å². The first-order valence-electron chi connectivity index (χ1n) is 8.41. The van der Waals surface area contributed by atoms with Gasteiger partial charge in [-0.3, -0.25) is 4.79 Å². The summed E-state index contributed by atoms with van der Waals surface area (Å²) in [6, 6.07) is 0.173. The third kappa shape index (κ3) is 2.95. The number of carbonyl (C=O) groups is 1. The van der Waals surface area contributed by atoms with Crippen LogP contribution in [0.25, 0.3) is 0 Å². The molecule has 0 saturated carbocycles. The summed E-state index contributed by atoms with van der Waals surface area (Å²) in [6.07, 6.45) is 6.21. The number of β-lactam (4-membered cyclic amide) rings is 1. The largest absolute Gasteiger partial charge is 0.413 e. The number of carbonyl (C=O) groups excluding carboxylic acids is 1. The van der Waals surface area contributed by atoms with Crippen molar-refractivity contribution in [3.05, 3.63) is 24.3 Å². The Morgan fingerprint density at radius 1 is 1.45 bits per heavy atom. The van der Waals surface area contributed by atoms with E-state index in [4.69, 9.17) is 4.43 Å². The summed E-state index contributed by atoms with van der Waals surface area (Å²) in [7, 11) is -1.86. The Hall–Kier alpha value is -0.873. The number of amides is 1. The molecular formula is C18H31NO2Si. The highest BCUT2D eigenvalue weighted by atomic mass is 28.4. The molecule has 124 valence electrons. The minimum absolute atomic E-state index is 0.0314. The van der Waals surface area contributed by atoms with Gasteiger partial charge in [-0.15, -0.1) is 0 Å². The Bertz CT molecular complexity index is 490. The van der Waals surface area contributed by atoms with E-state index < -0.39 is 8.32 Å². The lowest BCUT2D eigenvalue weighted by atomic mass is 9.79. The van der Waals surface area contributed by atoms with Crippen LogP contribution in [0.1, 0.15) is 40.5 Å². The van der Waals surface area contributed by atoms with E-state index in [0.717, 1.165) is 19.4 Å². The molecule has 1 amide bonds. The summed E-state index contributed by atoms with van der Waals surface area (Å²) in [5.74, 6) is 0.210. The van der Waals surface area contributed by atoms with Crippen molar-refractivity contribution in [3.8, 4) is 0 Å². The number of fused-ring (bicyclic) bond motifs is 1. The average molecular weight is 322 g/mol. The number of hydrogen-bond donors (Lipinski definition) is 0. The summed E-state index contributed by atoms with van der Waals surface area (Å²) in [5.41, 5.74) is 1.20. The lowest BCUT2D eigenvalue weighted by Crippen LogP contribution is -2.65. The van der Waals surface area contributed by atoms with Crippen molar-refractivity contribution in [2.45, 2.75) is 70.8 Å². The van der Waals surface area contributed by atoms with E-state index in [1.54, 1.807) is 0 Å². The Balaban J connectivity index is 2.18. The first-order chi connectivity index (χ1) is 10.1. The van der Waals surface area contributed by atoms with Crippen molar-refractivity contribution >= 4 is 14.2 Å². The van der Waals surface area contributed by atoms with Crippen LogP contribution in [0.15, 0.2) is 24.3 Å². The Morgan fingerprint density at radius 2 is 2.09 bits per heavy atom. The summed E-state index contributed by atoms with van der Waals surface area (Å²) in [5, 5.41) is 0.161. The fourth-order valence-electron chi connectivity index (χ4n) is 3.24. The predicted molar refractivity (Wildman–Crippen MR) is 94.2 cm³/mol. The summed E-state index contributed by atoms with van der Waals surface area (Å²) < 4.78 is 6.49. The quantitative estimate of drug-likeness (QED) is 0.575. The summed E-state index contributed by atoms with van der Waals surface area (Å²) in [4.78, 5) is 14.6. The van der Waals surface area contributed by atoms with E-state index in [1.165, 1.54) is 5.57 Å². The lowest BCUT2D eigenvalue weighted by molar-refractivity contribution is -0.159. The Kier molecular flexibility index (Phi) is 4.74. The monoisotopic (exact) mass is 321 g/mol. The van der Waals surface area contributed by atoms with Crippen LogP contribution in [0.4, 0.5) is 0 Å². The van der Waals surface area contributed by atoms with Crippen molar-refractivity contribution in [2.24, 2.45) is 5.92 Å². The van der Waals surface area contributed by atoms with E-state index >= 15 is 0 Å². The second-order valence-corrected chi connectivity index (χ2v) is 12.9. The molecule has 2 aliphatic heterocycles. The molecule has 0 aromatic rings. The highest BCUT2D eigenvalue weighted by Gasteiger charge is 2.53. The predicted octanol–water partition coefficient (Wildman–Crippen LogP) is 4.13. The maximum absolute atomic E-state index is 12.6. The van der Waals surface area contributed by atoms with Gasteiger partial charge in [-0.25, -0.2) is 0 Å². The number of rotatable bonds is 4. The van der Waals surface area contributed by atoms with Gasteiger partial charge in [0, 0.05) is 6.54 Å². The first-order valence-corrected chi connectivity index (χ1v) is 11.3. The topological polar surface area (TPSA) is 29.5 Å². The standard InChI is InChI=1S/C18H31NO2Si/c1-8-14-11-9-10-12-19-16(14)15(17(19)20)13(2)21-22(6,7)18(3,4)5/h8,11,13,15-16H,1,9-10,12H2,2-7H3/t13-,15-,16-/m1/s1. The second-order valence-electron chi connectivity index (χ2n) is 8.14. The van der Waals surface area contributed by atoms with E-state index in [2.05, 4.69) is 53.4 Å². The van der Waals surface area contributed by atoms with Crippen molar-refractivity contribution in [3.63, 3.8) is 0 Å². The van der Waals surface area contributed by atoms with Crippen molar-refractivity contribution in [1.82, 2.24) is 4.90 Å². The van der Waals surface area contributed by atoms with Crippen LogP contribution in [0.2, 0.25) is 18.1 Å². The van der Waals surface area contributed by atoms with Gasteiger partial charge in [-0.05, 0) is 43.5 Å². The van der Waals surface area contributed by atoms with E-state index in [-0.39, 0.29) is 29.0 Å². The fourth-order valence-corrected chi connectivity index (χ4v) is 4.67. The Labute approximate surface area is 136 Å². The Morgan fingerprint density at radius 3 is 2.64 bits per heavy atom. The normalized spacial score (nSPS) is 27.5. The maximum Gasteiger partial charge on any atom is 0.231 e. The molecule has 0 aromatic heterocycles. The highest BCUT2D eigenvalue weighted by Crippen LogP contribution is 2.42. The molecule has 1 saturated heterocycles. The van der Waals surface area contributed by atoms with Gasteiger partial charge in [0.15, 0.2) is 8.32 Å². The molecule has 3 atom stereocenters. The van der Waals surface area contributed by atoms with Crippen LogP contribution < -0.4 is 0 Å². The molecular weight excluding hydrogens is 290 g/mol. The van der Waals surface area contributed by atoms with Gasteiger partial charge < -0.3 is 9.33 Å². The van der Waals surface area contributed by atoms with E-state index in [1.807, 2.05) is 11.0 Å². The third-order valence-corrected chi connectivity index (χ3v) is 10.2. The van der Waals surface area contributed by atoms with Gasteiger partial charge in [-0.2, -0.15) is 0 Å². The van der Waals surface area contributed by atoms with Crippen LogP contribution in [-0.2, 0) is 9.22 Å². The number of hydrogen-bond acceptors (Lipinski definition) is 2. The molecule has 0 bridgehead atoms. The van der Waals surface area contributed by atoms with Gasteiger partial charge in [0.1, 0.15) is 0 Å². The van der Waals surface area contributed by atoms with E-state index in [9.17, 15) is 4.79 Å². The molecule has 4 heteroatoms. The molecule has 0 aromatic carbocycles. The molecule has 0 unspecified atom stereocenters. The fraction of sp³-hybridized carbons (Fsp3) is 0.722. The van der Waals surface area contributed by atoms with Crippen LogP contribution >= 0.6 is 0 Å². The number of nitrogens with zero attached hydrogens (tertiary/aromatic N) is 1. The zero-order chi connectivity index (χ0) is 16.7. The maximum atomic E-state index is 12.6. The van der Waals surface area contributed by atoms with Crippen molar-refractivity contribution in [2.75, 3.05) is 6.54 Å². The first kappa shape index (κ1) is 17.5. The average Bonchev–Trinajstić information content (AvgIpc) is 2.56. The van der Waals surface area contributed by atoms with Gasteiger partial charge in [0.05, 0.1) is 18.1 Å². The third-order valence-electron chi connectivity index (χ3n) is 5.60. The van der Waals surface area contributed by atoms with Crippen LogP contribution in [0.3, 0.4) is 0 Å². The van der Waals surface area contributed by atoms with Crippen LogP contribution in [0.5, 0.6) is 0 Å². The molecule has 2 heterocycles. The minimum Gasteiger partial charge on any atom is -0.413 e. The van der Waals surface area contributed by atoms with Gasteiger partial charge in [0.25, 0.3) is 0 Å². The zero-order valence-electron chi connectivity index (χ0n) is 15.0. The highest BCUT2D eigenvalue weighted by molar-refractivity contribution is 6.74. The second kappa shape index (κ2) is 5.97. The molecule has 2 aliphatic rings. The minimum atomic E-state index is -1.86. The van der Waals surface area contributed by atoms with Crippen molar-refractivity contribution < 1.29 is 9.22 Å².